The maximum absolute atomic E-state index is 12.0. The van der Waals surface area contributed by atoms with E-state index < -0.39 is 4.92 Å². The lowest BCUT2D eigenvalue weighted by atomic mass is 10.2. The number of halogens is 1. The number of amides is 1. The third-order valence-electron chi connectivity index (χ3n) is 2.48. The number of carbonyl (C=O) groups excluding carboxylic acids is 1. The summed E-state index contributed by atoms with van der Waals surface area (Å²) in [5.41, 5.74) is 1.11. The summed E-state index contributed by atoms with van der Waals surface area (Å²) in [4.78, 5) is 22.6. The Labute approximate surface area is 118 Å². The van der Waals surface area contributed by atoms with E-state index in [0.29, 0.717) is 10.6 Å². The fraction of sp³-hybridized carbons (Fsp3) is 0.0833. The molecule has 0 aliphatic carbocycles. The Morgan fingerprint density at radius 1 is 1.42 bits per heavy atom. The molecule has 98 valence electrons. The van der Waals surface area contributed by atoms with Crippen LogP contribution in [0.1, 0.15) is 15.2 Å². The van der Waals surface area contributed by atoms with E-state index in [1.54, 1.807) is 0 Å². The molecule has 0 unspecified atom stereocenters. The number of hydrogen-bond acceptors (Lipinski definition) is 4. The molecule has 2 rings (SSSR count). The zero-order valence-electron chi connectivity index (χ0n) is 9.84. The van der Waals surface area contributed by atoms with Crippen molar-refractivity contribution in [1.29, 1.82) is 0 Å². The van der Waals surface area contributed by atoms with Gasteiger partial charge in [-0.1, -0.05) is 11.6 Å². The summed E-state index contributed by atoms with van der Waals surface area (Å²) < 4.78 is 0. The molecular weight excluding hydrogens is 288 g/mol. The van der Waals surface area contributed by atoms with Crippen LogP contribution >= 0.6 is 22.9 Å². The van der Waals surface area contributed by atoms with Crippen molar-refractivity contribution in [2.24, 2.45) is 0 Å². The number of aryl methyl sites for hydroxylation is 1. The molecule has 1 heterocycles. The van der Waals surface area contributed by atoms with Crippen molar-refractivity contribution in [2.75, 3.05) is 5.32 Å². The Hall–Kier alpha value is -1.92. The third-order valence-corrected chi connectivity index (χ3v) is 3.81. The molecule has 1 aromatic carbocycles. The molecule has 0 atom stereocenters. The zero-order valence-corrected chi connectivity index (χ0v) is 11.4. The summed E-state index contributed by atoms with van der Waals surface area (Å²) in [5.74, 6) is -0.275. The second-order valence-electron chi connectivity index (χ2n) is 3.81. The minimum absolute atomic E-state index is 0.115. The normalized spacial score (nSPS) is 10.2. The number of nitro groups is 1. The van der Waals surface area contributed by atoms with Gasteiger partial charge in [0.1, 0.15) is 0 Å². The van der Waals surface area contributed by atoms with Gasteiger partial charge in [-0.2, -0.15) is 0 Å². The van der Waals surface area contributed by atoms with E-state index in [9.17, 15) is 14.9 Å². The van der Waals surface area contributed by atoms with E-state index in [4.69, 9.17) is 11.6 Å². The molecule has 1 aromatic heterocycles. The lowest BCUT2D eigenvalue weighted by Crippen LogP contribution is -2.11. The Morgan fingerprint density at radius 2 is 2.16 bits per heavy atom. The quantitative estimate of drug-likeness (QED) is 0.690. The van der Waals surface area contributed by atoms with E-state index in [1.807, 2.05) is 18.4 Å². The summed E-state index contributed by atoms with van der Waals surface area (Å²) in [7, 11) is 0. The first kappa shape index (κ1) is 13.5. The molecule has 0 aliphatic heterocycles. The van der Waals surface area contributed by atoms with Crippen molar-refractivity contribution in [3.05, 3.63) is 55.2 Å². The van der Waals surface area contributed by atoms with Crippen LogP contribution < -0.4 is 5.32 Å². The average molecular weight is 297 g/mol. The first-order valence-corrected chi connectivity index (χ1v) is 6.54. The molecule has 5 nitrogen and oxygen atoms in total. The van der Waals surface area contributed by atoms with Crippen molar-refractivity contribution >= 4 is 40.2 Å². The maximum Gasteiger partial charge on any atom is 0.271 e. The Kier molecular flexibility index (Phi) is 3.82. The van der Waals surface area contributed by atoms with Crippen molar-refractivity contribution in [1.82, 2.24) is 0 Å². The number of thiophene rings is 1. The van der Waals surface area contributed by atoms with Gasteiger partial charge in [-0.15, -0.1) is 11.3 Å². The Balaban J connectivity index is 2.23. The molecule has 0 saturated heterocycles. The summed E-state index contributed by atoms with van der Waals surface area (Å²) in [6.07, 6.45) is 0. The highest BCUT2D eigenvalue weighted by molar-refractivity contribution is 7.12. The van der Waals surface area contributed by atoms with Gasteiger partial charge in [0.15, 0.2) is 0 Å². The monoisotopic (exact) mass is 296 g/mol. The second kappa shape index (κ2) is 5.38. The number of hydrogen-bond donors (Lipinski definition) is 1. The van der Waals surface area contributed by atoms with Crippen LogP contribution in [0.15, 0.2) is 29.6 Å². The minimum atomic E-state index is -0.541. The molecule has 0 fully saturated rings. The SMILES string of the molecule is Cc1ccsc1C(=O)Nc1ccc([N+](=O)[O-])cc1Cl. The number of nitrogens with one attached hydrogen (secondary N) is 1. The Bertz CT molecular complexity index is 654. The highest BCUT2D eigenvalue weighted by Crippen LogP contribution is 2.27. The van der Waals surface area contributed by atoms with E-state index in [0.717, 1.165) is 5.56 Å². The number of nitrogens with zero attached hydrogens (tertiary/aromatic N) is 1. The average Bonchev–Trinajstić information content (AvgIpc) is 2.77. The van der Waals surface area contributed by atoms with Crippen LogP contribution in [0.5, 0.6) is 0 Å². The molecule has 19 heavy (non-hydrogen) atoms. The third kappa shape index (κ3) is 2.91. The van der Waals surface area contributed by atoms with Gasteiger partial charge in [0.2, 0.25) is 0 Å². The number of rotatable bonds is 3. The molecule has 1 amide bonds. The molecule has 0 radical (unpaired) electrons. The second-order valence-corrected chi connectivity index (χ2v) is 5.13. The standard InChI is InChI=1S/C12H9ClN2O3S/c1-7-4-5-19-11(7)12(16)14-10-3-2-8(15(17)18)6-9(10)13/h2-6H,1H3,(H,14,16). The van der Waals surface area contributed by atoms with Gasteiger partial charge in [-0.25, -0.2) is 0 Å². The van der Waals surface area contributed by atoms with E-state index >= 15 is 0 Å². The van der Waals surface area contributed by atoms with Crippen molar-refractivity contribution in [3.8, 4) is 0 Å². The zero-order chi connectivity index (χ0) is 14.0. The van der Waals surface area contributed by atoms with Gasteiger partial charge in [0.25, 0.3) is 11.6 Å². The van der Waals surface area contributed by atoms with Gasteiger partial charge in [0, 0.05) is 12.1 Å². The maximum atomic E-state index is 12.0. The predicted molar refractivity (Wildman–Crippen MR) is 75.1 cm³/mol. The number of benzene rings is 1. The van der Waals surface area contributed by atoms with Crippen molar-refractivity contribution < 1.29 is 9.72 Å². The molecule has 0 saturated carbocycles. The fourth-order valence-electron chi connectivity index (χ4n) is 1.50. The van der Waals surface area contributed by atoms with Gasteiger partial charge in [0.05, 0.1) is 20.5 Å². The lowest BCUT2D eigenvalue weighted by molar-refractivity contribution is -0.384. The van der Waals surface area contributed by atoms with Gasteiger partial charge in [-0.05, 0) is 30.0 Å². The molecule has 7 heteroatoms. The molecule has 0 aliphatic rings. The fourth-order valence-corrected chi connectivity index (χ4v) is 2.55. The van der Waals surface area contributed by atoms with Crippen LogP contribution in [0, 0.1) is 17.0 Å². The molecule has 2 aromatic rings. The lowest BCUT2D eigenvalue weighted by Gasteiger charge is -2.06. The summed E-state index contributed by atoms with van der Waals surface area (Å²) in [6.45, 7) is 1.84. The van der Waals surface area contributed by atoms with Crippen molar-refractivity contribution in [3.63, 3.8) is 0 Å². The van der Waals surface area contributed by atoms with E-state index in [2.05, 4.69) is 5.32 Å². The summed E-state index contributed by atoms with van der Waals surface area (Å²) >= 11 is 7.23. The van der Waals surface area contributed by atoms with Crippen LogP contribution in [-0.2, 0) is 0 Å². The van der Waals surface area contributed by atoms with Crippen LogP contribution in [0.2, 0.25) is 5.02 Å². The number of nitro benzene ring substituents is 1. The molecule has 1 N–H and O–H groups in total. The molecular formula is C12H9ClN2O3S. The predicted octanol–water partition coefficient (Wildman–Crippen LogP) is 3.87. The first-order chi connectivity index (χ1) is 8.99. The minimum Gasteiger partial charge on any atom is -0.320 e. The Morgan fingerprint density at radius 3 is 2.68 bits per heavy atom. The largest absolute Gasteiger partial charge is 0.320 e. The van der Waals surface area contributed by atoms with E-state index in [1.165, 1.54) is 29.5 Å². The number of anilines is 1. The molecule has 0 bridgehead atoms. The number of carbonyl (C=O) groups is 1. The number of non-ortho nitro benzene ring substituents is 1. The summed E-state index contributed by atoms with van der Waals surface area (Å²) in [5, 5.41) is 15.2. The van der Waals surface area contributed by atoms with Crippen LogP contribution in [0.3, 0.4) is 0 Å². The highest BCUT2D eigenvalue weighted by Gasteiger charge is 2.14. The molecule has 0 spiro atoms. The van der Waals surface area contributed by atoms with Gasteiger partial charge in [-0.3, -0.25) is 14.9 Å². The highest BCUT2D eigenvalue weighted by atomic mass is 35.5. The first-order valence-electron chi connectivity index (χ1n) is 5.28. The van der Waals surface area contributed by atoms with Crippen LogP contribution in [-0.4, -0.2) is 10.8 Å². The van der Waals surface area contributed by atoms with Gasteiger partial charge < -0.3 is 5.32 Å². The topological polar surface area (TPSA) is 72.2 Å². The summed E-state index contributed by atoms with van der Waals surface area (Å²) in [6, 6.07) is 5.76. The van der Waals surface area contributed by atoms with Crippen LogP contribution in [0.25, 0.3) is 0 Å². The van der Waals surface area contributed by atoms with Gasteiger partial charge >= 0.3 is 0 Å². The van der Waals surface area contributed by atoms with Crippen LogP contribution in [0.4, 0.5) is 11.4 Å². The smallest absolute Gasteiger partial charge is 0.271 e. The van der Waals surface area contributed by atoms with Crippen molar-refractivity contribution in [2.45, 2.75) is 6.92 Å². The van der Waals surface area contributed by atoms with E-state index in [-0.39, 0.29) is 16.6 Å².